The fourth-order valence-corrected chi connectivity index (χ4v) is 4.34. The van der Waals surface area contributed by atoms with Crippen LogP contribution >= 0.6 is 11.6 Å². The van der Waals surface area contributed by atoms with Gasteiger partial charge >= 0.3 is 0 Å². The Morgan fingerprint density at radius 3 is 2.34 bits per heavy atom. The molecule has 3 rings (SSSR count). The summed E-state index contributed by atoms with van der Waals surface area (Å²) in [6, 6.07) is 1.20. The summed E-state index contributed by atoms with van der Waals surface area (Å²) in [5.74, 6) is -5.52. The van der Waals surface area contributed by atoms with Crippen LogP contribution in [0.3, 0.4) is 0 Å². The lowest BCUT2D eigenvalue weighted by Crippen LogP contribution is -2.60. The van der Waals surface area contributed by atoms with Gasteiger partial charge in [0.15, 0.2) is 17.5 Å². The van der Waals surface area contributed by atoms with E-state index in [-0.39, 0.29) is 35.3 Å². The Labute approximate surface area is 169 Å². The molecule has 0 aliphatic carbocycles. The van der Waals surface area contributed by atoms with E-state index in [1.807, 2.05) is 0 Å². The third-order valence-electron chi connectivity index (χ3n) is 4.04. The number of amides is 1. The highest BCUT2D eigenvalue weighted by Crippen LogP contribution is 2.30. The summed E-state index contributed by atoms with van der Waals surface area (Å²) in [6.07, 6.45) is 1.25. The molecule has 29 heavy (non-hydrogen) atoms. The van der Waals surface area contributed by atoms with Crippen molar-refractivity contribution >= 4 is 39.1 Å². The summed E-state index contributed by atoms with van der Waals surface area (Å²) in [6.45, 7) is 2.06. The molecule has 13 heteroatoms. The molecule has 1 aromatic carbocycles. The molecule has 0 unspecified atom stereocenters. The third kappa shape index (κ3) is 4.50. The summed E-state index contributed by atoms with van der Waals surface area (Å²) in [5, 5.41) is 1.94. The van der Waals surface area contributed by atoms with E-state index in [1.165, 1.54) is 17.8 Å². The maximum Gasteiger partial charge on any atom is 0.299 e. The molecule has 1 aromatic heterocycles. The van der Waals surface area contributed by atoms with Crippen molar-refractivity contribution in [2.24, 2.45) is 7.05 Å². The number of anilines is 2. The van der Waals surface area contributed by atoms with Crippen molar-refractivity contribution in [2.45, 2.75) is 12.5 Å². The molecule has 1 saturated heterocycles. The Hall–Kier alpha value is -2.28. The molecule has 1 amide bonds. The zero-order valence-corrected chi connectivity index (χ0v) is 16.7. The molecule has 158 valence electrons. The SMILES string of the molecule is Cn1cc(NS(=O)(=O)NC2(C)COC2)c(Cl)c1C(=O)Nc1cc(F)c(F)c(F)c1. The molecular weight excluding hydrogens is 437 g/mol. The molecule has 0 saturated carbocycles. The summed E-state index contributed by atoms with van der Waals surface area (Å²) in [5.41, 5.74) is -1.38. The van der Waals surface area contributed by atoms with Gasteiger partial charge in [0.05, 0.1) is 29.5 Å². The van der Waals surface area contributed by atoms with E-state index < -0.39 is 39.1 Å². The first-order chi connectivity index (χ1) is 13.4. The van der Waals surface area contributed by atoms with Crippen LogP contribution in [0.1, 0.15) is 17.4 Å². The highest BCUT2D eigenvalue weighted by Gasteiger charge is 2.37. The summed E-state index contributed by atoms with van der Waals surface area (Å²) in [7, 11) is -2.61. The molecular formula is C16H16ClF3N4O4S. The lowest BCUT2D eigenvalue weighted by atomic mass is 10.0. The number of hydrogen-bond donors (Lipinski definition) is 3. The van der Waals surface area contributed by atoms with Crippen LogP contribution in [0.2, 0.25) is 5.02 Å². The van der Waals surface area contributed by atoms with Crippen LogP contribution in [0.15, 0.2) is 18.3 Å². The molecule has 1 aliphatic heterocycles. The van der Waals surface area contributed by atoms with E-state index >= 15 is 0 Å². The minimum Gasteiger partial charge on any atom is -0.377 e. The standard InChI is InChI=1S/C16H16ClF3N4O4S/c1-16(6-28-7-16)23-29(26,27)22-11-5-24(2)14(12(11)17)15(25)21-8-3-9(18)13(20)10(19)4-8/h3-5,22-23H,6-7H2,1-2H3,(H,21,25). The smallest absolute Gasteiger partial charge is 0.299 e. The molecule has 0 bridgehead atoms. The molecule has 3 N–H and O–H groups in total. The number of halogens is 4. The average Bonchev–Trinajstić information content (AvgIpc) is 2.83. The fraction of sp³-hybridized carbons (Fsp3) is 0.312. The van der Waals surface area contributed by atoms with Gasteiger partial charge in [-0.25, -0.2) is 13.2 Å². The van der Waals surface area contributed by atoms with E-state index in [0.717, 1.165) is 0 Å². The van der Waals surface area contributed by atoms with Gasteiger partial charge in [-0.3, -0.25) is 9.52 Å². The highest BCUT2D eigenvalue weighted by atomic mass is 35.5. The van der Waals surface area contributed by atoms with Crippen molar-refractivity contribution in [1.29, 1.82) is 0 Å². The van der Waals surface area contributed by atoms with Crippen molar-refractivity contribution in [3.8, 4) is 0 Å². The van der Waals surface area contributed by atoms with Gasteiger partial charge in [0.1, 0.15) is 5.69 Å². The zero-order chi connectivity index (χ0) is 21.6. The van der Waals surface area contributed by atoms with Gasteiger partial charge < -0.3 is 14.6 Å². The lowest BCUT2D eigenvalue weighted by Gasteiger charge is -2.38. The van der Waals surface area contributed by atoms with Crippen molar-refractivity contribution < 1.29 is 31.1 Å². The van der Waals surface area contributed by atoms with Crippen LogP contribution in [0.25, 0.3) is 0 Å². The third-order valence-corrected chi connectivity index (χ3v) is 5.68. The normalized spacial score (nSPS) is 15.7. The highest BCUT2D eigenvalue weighted by molar-refractivity contribution is 7.90. The Balaban J connectivity index is 1.81. The van der Waals surface area contributed by atoms with Crippen LogP contribution in [-0.2, 0) is 22.0 Å². The number of carbonyl (C=O) groups excluding carboxylic acids is 1. The van der Waals surface area contributed by atoms with Gasteiger partial charge in [-0.05, 0) is 6.92 Å². The molecule has 0 spiro atoms. The molecule has 8 nitrogen and oxygen atoms in total. The molecule has 1 aliphatic rings. The number of nitrogens with zero attached hydrogens (tertiary/aromatic N) is 1. The Morgan fingerprint density at radius 1 is 1.24 bits per heavy atom. The van der Waals surface area contributed by atoms with E-state index in [1.54, 1.807) is 6.92 Å². The molecule has 0 radical (unpaired) electrons. The lowest BCUT2D eigenvalue weighted by molar-refractivity contribution is -0.0522. The van der Waals surface area contributed by atoms with E-state index in [4.69, 9.17) is 16.3 Å². The summed E-state index contributed by atoms with van der Waals surface area (Å²) >= 11 is 6.13. The van der Waals surface area contributed by atoms with Gasteiger partial charge in [0.25, 0.3) is 16.1 Å². The van der Waals surface area contributed by atoms with Crippen LogP contribution in [-0.4, -0.2) is 37.6 Å². The molecule has 2 heterocycles. The van der Waals surface area contributed by atoms with Crippen LogP contribution in [0.5, 0.6) is 0 Å². The summed E-state index contributed by atoms with van der Waals surface area (Å²) in [4.78, 5) is 12.5. The van der Waals surface area contributed by atoms with Crippen LogP contribution in [0.4, 0.5) is 24.5 Å². The van der Waals surface area contributed by atoms with Gasteiger partial charge in [0, 0.05) is 31.1 Å². The number of hydrogen-bond acceptors (Lipinski definition) is 4. The van der Waals surface area contributed by atoms with Crippen molar-refractivity contribution in [3.63, 3.8) is 0 Å². The van der Waals surface area contributed by atoms with Gasteiger partial charge in [-0.2, -0.15) is 13.1 Å². The molecule has 1 fully saturated rings. The Kier molecular flexibility index (Phi) is 5.56. The fourth-order valence-electron chi connectivity index (χ4n) is 2.71. The number of aromatic nitrogens is 1. The molecule has 0 atom stereocenters. The first-order valence-corrected chi connectivity index (χ1v) is 9.97. The quantitative estimate of drug-likeness (QED) is 0.586. The number of ether oxygens (including phenoxy) is 1. The maximum absolute atomic E-state index is 13.3. The van der Waals surface area contributed by atoms with Gasteiger partial charge in [-0.1, -0.05) is 11.6 Å². The van der Waals surface area contributed by atoms with Crippen molar-refractivity contribution in [3.05, 3.63) is 46.5 Å². The first-order valence-electron chi connectivity index (χ1n) is 8.11. The predicted molar refractivity (Wildman–Crippen MR) is 99.6 cm³/mol. The zero-order valence-electron chi connectivity index (χ0n) is 15.1. The second-order valence-corrected chi connectivity index (χ2v) is 8.58. The number of benzene rings is 1. The largest absolute Gasteiger partial charge is 0.377 e. The molecule has 2 aromatic rings. The monoisotopic (exact) mass is 452 g/mol. The van der Waals surface area contributed by atoms with Gasteiger partial charge in [-0.15, -0.1) is 0 Å². The van der Waals surface area contributed by atoms with Crippen LogP contribution in [0, 0.1) is 17.5 Å². The van der Waals surface area contributed by atoms with Crippen LogP contribution < -0.4 is 14.8 Å². The minimum absolute atomic E-state index is 0.0906. The van der Waals surface area contributed by atoms with Crippen molar-refractivity contribution in [1.82, 2.24) is 9.29 Å². The summed E-state index contributed by atoms with van der Waals surface area (Å²) < 4.78 is 75.1. The van der Waals surface area contributed by atoms with E-state index in [0.29, 0.717) is 12.1 Å². The average molecular weight is 453 g/mol. The van der Waals surface area contributed by atoms with E-state index in [2.05, 4.69) is 14.8 Å². The first kappa shape index (κ1) is 21.4. The number of nitrogens with one attached hydrogen (secondary N) is 3. The number of carbonyl (C=O) groups is 1. The Morgan fingerprint density at radius 2 is 1.83 bits per heavy atom. The Bertz CT molecular complexity index is 1060. The number of aryl methyl sites for hydroxylation is 1. The minimum atomic E-state index is -4.03. The predicted octanol–water partition coefficient (Wildman–Crippen LogP) is 2.38. The second-order valence-electron chi connectivity index (χ2n) is 6.79. The van der Waals surface area contributed by atoms with Crippen molar-refractivity contribution in [2.75, 3.05) is 23.3 Å². The van der Waals surface area contributed by atoms with E-state index in [9.17, 15) is 26.4 Å². The maximum atomic E-state index is 13.3. The topological polar surface area (TPSA) is 101 Å². The van der Waals surface area contributed by atoms with Gasteiger partial charge in [0.2, 0.25) is 0 Å². The second kappa shape index (κ2) is 7.52. The number of rotatable bonds is 6.